The summed E-state index contributed by atoms with van der Waals surface area (Å²) in [7, 11) is -17.9. The minimum absolute atomic E-state index is 0. The van der Waals surface area contributed by atoms with Crippen molar-refractivity contribution in [2.75, 3.05) is 47.7 Å². The number of benzene rings is 3. The number of fused-ring (bicyclic) bond motifs is 1. The number of aromatic hydroxyl groups is 1. The van der Waals surface area contributed by atoms with Gasteiger partial charge in [-0.2, -0.15) is 19.3 Å². The molecule has 0 aliphatic carbocycles. The van der Waals surface area contributed by atoms with Crippen molar-refractivity contribution >= 4 is 85.9 Å². The number of anilines is 4. The van der Waals surface area contributed by atoms with Gasteiger partial charge >= 0.3 is 94.8 Å². The van der Waals surface area contributed by atoms with Crippen LogP contribution in [0.15, 0.2) is 62.5 Å². The summed E-state index contributed by atoms with van der Waals surface area (Å²) in [5.41, 5.74) is 4.86. The van der Waals surface area contributed by atoms with E-state index < -0.39 is 91.8 Å². The van der Waals surface area contributed by atoms with Crippen LogP contribution < -0.4 is 105 Å². The normalized spacial score (nSPS) is 12.1. The van der Waals surface area contributed by atoms with Crippen molar-refractivity contribution in [2.45, 2.75) is 9.79 Å². The van der Waals surface area contributed by atoms with Crippen LogP contribution in [-0.4, -0.2) is 99.1 Å². The Morgan fingerprint density at radius 2 is 1.55 bits per heavy atom. The Hall–Kier alpha value is -1.70. The molecule has 3 aromatic carbocycles. The van der Waals surface area contributed by atoms with Gasteiger partial charge in [-0.15, -0.1) is 10.2 Å². The Morgan fingerprint density at radius 3 is 2.15 bits per heavy atom. The van der Waals surface area contributed by atoms with Gasteiger partial charge in [-0.25, -0.2) is 33.7 Å². The second-order valence-corrected chi connectivity index (χ2v) is 16.1. The number of nitrogen functional groups attached to an aromatic ring is 1. The second kappa shape index (κ2) is 19.4. The molecule has 21 nitrogen and oxygen atoms in total. The fraction of sp³-hybridized carbons (Fsp3) is 0.208. The number of azo groups is 1. The smallest absolute Gasteiger partial charge is 0.744 e. The number of phenols is 1. The quantitative estimate of drug-likeness (QED) is 0.0349. The minimum Gasteiger partial charge on any atom is -0.744 e. The number of hydrogen-bond donors (Lipinski definition) is 3. The van der Waals surface area contributed by atoms with E-state index in [0.717, 1.165) is 29.2 Å². The van der Waals surface area contributed by atoms with Gasteiger partial charge in [0.05, 0.1) is 39.0 Å². The predicted molar refractivity (Wildman–Crippen MR) is 167 cm³/mol. The molecular weight excluding hydrogens is 825 g/mol. The van der Waals surface area contributed by atoms with Crippen molar-refractivity contribution in [3.05, 3.63) is 48.5 Å². The van der Waals surface area contributed by atoms with Crippen molar-refractivity contribution in [2.24, 2.45) is 10.2 Å². The molecule has 0 aliphatic heterocycles. The van der Waals surface area contributed by atoms with Crippen molar-refractivity contribution in [1.82, 2.24) is 15.0 Å². The van der Waals surface area contributed by atoms with Gasteiger partial charge in [0.1, 0.15) is 37.4 Å². The maximum atomic E-state index is 14.4. The zero-order valence-corrected chi connectivity index (χ0v) is 37.3. The molecule has 0 saturated heterocycles. The number of nitrogens with two attached hydrogens (primary N) is 1. The number of rotatable bonds is 14. The van der Waals surface area contributed by atoms with Gasteiger partial charge in [0.2, 0.25) is 22.3 Å². The first-order chi connectivity index (χ1) is 23.0. The number of halogens is 1. The fourth-order valence-corrected chi connectivity index (χ4v) is 6.70. The summed E-state index contributed by atoms with van der Waals surface area (Å²) in [6.07, 6.45) is -1.33. The van der Waals surface area contributed by atoms with Gasteiger partial charge < -0.3 is 34.7 Å². The molecule has 53 heavy (non-hydrogen) atoms. The van der Waals surface area contributed by atoms with E-state index in [1.54, 1.807) is 0 Å². The molecule has 0 radical (unpaired) electrons. The first kappa shape index (κ1) is 49.3. The summed E-state index contributed by atoms with van der Waals surface area (Å²) in [6, 6.07) is 6.96. The third kappa shape index (κ3) is 14.1. The molecule has 4 rings (SSSR count). The fourth-order valence-electron chi connectivity index (χ4n) is 4.09. The number of aromatic nitrogens is 3. The molecule has 1 heterocycles. The zero-order chi connectivity index (χ0) is 37.2. The van der Waals surface area contributed by atoms with Gasteiger partial charge in [-0.05, 0) is 41.8 Å². The summed E-state index contributed by atoms with van der Waals surface area (Å²) in [5.74, 6) is -3.02. The van der Waals surface area contributed by atoms with Crippen molar-refractivity contribution < 1.29 is 150 Å². The van der Waals surface area contributed by atoms with Gasteiger partial charge in [0, 0.05) is 19.3 Å². The predicted octanol–water partition coefficient (Wildman–Crippen LogP) is -8.24. The molecular formula is C24H22FN8Na3O13S4. The first-order valence-electron chi connectivity index (χ1n) is 13.3. The van der Waals surface area contributed by atoms with E-state index in [1.807, 2.05) is 0 Å². The van der Waals surface area contributed by atoms with E-state index in [9.17, 15) is 56.8 Å². The summed E-state index contributed by atoms with van der Waals surface area (Å²) in [5, 5.41) is 20.5. The number of nitrogens with zero attached hydrogens (tertiary/aromatic N) is 6. The molecule has 0 fully saturated rings. The molecule has 0 saturated carbocycles. The van der Waals surface area contributed by atoms with Gasteiger partial charge in [-0.1, -0.05) is 6.07 Å². The number of sulfone groups is 1. The molecule has 0 amide bonds. The monoisotopic (exact) mass is 846 g/mol. The van der Waals surface area contributed by atoms with Crippen molar-refractivity contribution in [1.29, 1.82) is 0 Å². The van der Waals surface area contributed by atoms with Crippen LogP contribution in [0.5, 0.6) is 5.75 Å². The van der Waals surface area contributed by atoms with Crippen LogP contribution >= 0.6 is 0 Å². The molecule has 0 aliphatic rings. The molecule has 0 atom stereocenters. The summed E-state index contributed by atoms with van der Waals surface area (Å²) >= 11 is 0. The van der Waals surface area contributed by atoms with E-state index in [2.05, 4.69) is 34.7 Å². The molecule has 270 valence electrons. The third-order valence-electron chi connectivity index (χ3n) is 6.40. The molecule has 0 bridgehead atoms. The van der Waals surface area contributed by atoms with Crippen LogP contribution in [0.1, 0.15) is 0 Å². The first-order valence-corrected chi connectivity index (χ1v) is 19.2. The molecule has 1 aromatic heterocycles. The maximum Gasteiger partial charge on any atom is 1.00 e. The zero-order valence-electron chi connectivity index (χ0n) is 28.0. The summed E-state index contributed by atoms with van der Waals surface area (Å²) in [6.45, 7) is -1.25. The summed E-state index contributed by atoms with van der Waals surface area (Å²) in [4.78, 5) is 10.4. The molecule has 29 heteroatoms. The Labute approximate surface area is 368 Å². The molecule has 4 N–H and O–H groups in total. The van der Waals surface area contributed by atoms with Crippen molar-refractivity contribution in [3.8, 4) is 5.75 Å². The van der Waals surface area contributed by atoms with Gasteiger partial charge in [0.25, 0.3) is 0 Å². The standard InChI is InChI=1S/C24H25FN8O13S4.3Na/c1-33(6-8-47(35,36)9-7-46-50(43,44)45)24-29-22(25)28-23(30-24)27-14-3-5-19(49(40,41)42)17(11-14)31-32-21-16(26)4-2-13-10-15(48(37,38)39)12-18(34)20(13)21;;;/h2-5,10-12,34H,6-9,26H2,1H3,(H,37,38,39)(H,40,41,42)(H,43,44,45)(H,27,28,29,30);;;/q;3*+1/p-3. The van der Waals surface area contributed by atoms with Crippen LogP contribution in [0, 0.1) is 6.08 Å². The van der Waals surface area contributed by atoms with Gasteiger partial charge in [0.15, 0.2) is 9.84 Å². The SMILES string of the molecule is CN(CCS(=O)(=O)CCOS(=O)(=O)[O-])c1nc(F)nc(Nc2ccc(S(=O)(=O)[O-])c(N=Nc3c(N)ccc4cc(S(=O)(=O)[O-])cc(O)c34)c2)n1.[Na+].[Na+].[Na+]. The Bertz CT molecular complexity index is 2470. The van der Waals surface area contributed by atoms with Crippen molar-refractivity contribution in [3.63, 3.8) is 0 Å². The summed E-state index contributed by atoms with van der Waals surface area (Å²) < 4.78 is 144. The maximum absolute atomic E-state index is 14.4. The molecule has 0 spiro atoms. The van der Waals surface area contributed by atoms with Crippen LogP contribution in [0.4, 0.5) is 39.0 Å². The molecule has 4 aromatic rings. The number of nitrogens with one attached hydrogen (secondary N) is 1. The van der Waals surface area contributed by atoms with Crippen LogP contribution in [0.3, 0.4) is 0 Å². The Balaban J connectivity index is 0.00000468. The van der Waals surface area contributed by atoms with E-state index in [0.29, 0.717) is 6.07 Å². The van der Waals surface area contributed by atoms with Crippen LogP contribution in [0.2, 0.25) is 0 Å². The van der Waals surface area contributed by atoms with Crippen LogP contribution in [-0.2, 0) is 44.7 Å². The number of phenolic OH excluding ortho intramolecular Hbond substituents is 1. The number of hydrogen-bond acceptors (Lipinski definition) is 21. The Kier molecular flexibility index (Phi) is 18.1. The Morgan fingerprint density at radius 1 is 0.887 bits per heavy atom. The van der Waals surface area contributed by atoms with Crippen LogP contribution in [0.25, 0.3) is 10.8 Å². The average Bonchev–Trinajstić information content (AvgIpc) is 2.97. The topological polar surface area (TPSA) is 340 Å². The van der Waals surface area contributed by atoms with Gasteiger partial charge in [-0.3, -0.25) is 4.18 Å². The minimum atomic E-state index is -5.19. The van der Waals surface area contributed by atoms with E-state index in [-0.39, 0.29) is 129 Å². The molecule has 0 unspecified atom stereocenters. The van der Waals surface area contributed by atoms with E-state index in [1.165, 1.54) is 19.2 Å². The second-order valence-electron chi connectivity index (χ2n) is 9.99. The van der Waals surface area contributed by atoms with E-state index in [4.69, 9.17) is 5.73 Å². The third-order valence-corrected chi connectivity index (χ3v) is 10.1. The average molecular weight is 847 g/mol. The largest absolute Gasteiger partial charge is 1.00 e. The van der Waals surface area contributed by atoms with E-state index >= 15 is 0 Å².